The first-order valence-electron chi connectivity index (χ1n) is 33.5. The number of aliphatic hydroxyl groups is 1. The number of unbranched alkanes of at least 4 members (excludes halogenated alkanes) is 31. The average molecular weight is 1170 g/mol. The van der Waals surface area contributed by atoms with E-state index in [9.17, 15) is 28.9 Å². The van der Waals surface area contributed by atoms with Gasteiger partial charge < -0.3 is 24.2 Å². The lowest BCUT2D eigenvalue weighted by Gasteiger charge is -2.21. The van der Waals surface area contributed by atoms with Gasteiger partial charge in [0.1, 0.15) is 12.7 Å². The minimum Gasteiger partial charge on any atom is -0.462 e. The van der Waals surface area contributed by atoms with Crippen LogP contribution >= 0.6 is 7.82 Å². The molecule has 82 heavy (non-hydrogen) atoms. The number of carbonyl (C=O) groups excluding carboxylic acids is 3. The van der Waals surface area contributed by atoms with Crippen molar-refractivity contribution < 1.29 is 52.2 Å². The van der Waals surface area contributed by atoms with Gasteiger partial charge in [0.2, 0.25) is 0 Å². The summed E-state index contributed by atoms with van der Waals surface area (Å²) in [4.78, 5) is 48.8. The summed E-state index contributed by atoms with van der Waals surface area (Å²) in [5.74, 6) is -1.48. The third-order valence-electron chi connectivity index (χ3n) is 14.3. The first kappa shape index (κ1) is 78.7. The number of hydrogen-bond acceptors (Lipinski definition) is 10. The normalized spacial score (nSPS) is 13.8. The Bertz CT molecular complexity index is 1700. The van der Waals surface area contributed by atoms with E-state index in [2.05, 4.69) is 106 Å². The molecule has 3 atom stereocenters. The van der Waals surface area contributed by atoms with Crippen LogP contribution in [0.15, 0.2) is 85.1 Å². The molecule has 0 saturated carbocycles. The Morgan fingerprint density at radius 1 is 0.354 bits per heavy atom. The van der Waals surface area contributed by atoms with Gasteiger partial charge in [-0.25, -0.2) is 4.57 Å². The Balaban J connectivity index is 4.70. The summed E-state index contributed by atoms with van der Waals surface area (Å²) in [6, 6.07) is 0. The zero-order valence-corrected chi connectivity index (χ0v) is 53.6. The first-order valence-corrected chi connectivity index (χ1v) is 35.0. The van der Waals surface area contributed by atoms with Gasteiger partial charge in [-0.2, -0.15) is 0 Å². The lowest BCUT2D eigenvalue weighted by molar-refractivity contribution is -0.161. The summed E-state index contributed by atoms with van der Waals surface area (Å²) < 4.78 is 39.7. The van der Waals surface area contributed by atoms with Crippen molar-refractivity contribution in [1.82, 2.24) is 0 Å². The number of hydrogen-bond donors (Lipinski definition) is 2. The fourth-order valence-corrected chi connectivity index (χ4v) is 9.98. The van der Waals surface area contributed by atoms with Gasteiger partial charge in [0, 0.05) is 19.3 Å². The van der Waals surface area contributed by atoms with Gasteiger partial charge in [0.15, 0.2) is 6.10 Å². The van der Waals surface area contributed by atoms with E-state index in [1.165, 1.54) is 122 Å². The second kappa shape index (κ2) is 63.7. The zero-order chi connectivity index (χ0) is 59.8. The van der Waals surface area contributed by atoms with Crippen molar-refractivity contribution in [2.45, 2.75) is 315 Å². The van der Waals surface area contributed by atoms with E-state index in [0.29, 0.717) is 19.3 Å². The third-order valence-corrected chi connectivity index (χ3v) is 15.2. The zero-order valence-electron chi connectivity index (χ0n) is 52.7. The second-order valence-corrected chi connectivity index (χ2v) is 23.7. The summed E-state index contributed by atoms with van der Waals surface area (Å²) in [6.45, 7) is 4.52. The predicted molar refractivity (Wildman–Crippen MR) is 344 cm³/mol. The molecule has 0 aliphatic heterocycles. The molecule has 12 heteroatoms. The van der Waals surface area contributed by atoms with E-state index < -0.39 is 57.8 Å². The molecular weight excluding hydrogens is 1050 g/mol. The fourth-order valence-electron chi connectivity index (χ4n) is 9.20. The van der Waals surface area contributed by atoms with Gasteiger partial charge in [-0.1, -0.05) is 254 Å². The molecule has 3 unspecified atom stereocenters. The number of allylic oxidation sites excluding steroid dienone is 14. The van der Waals surface area contributed by atoms with Gasteiger partial charge >= 0.3 is 25.7 Å². The standard InChI is InChI=1S/C70H123O11P/c1-4-7-10-13-16-19-22-25-28-31-33-36-39-42-45-48-51-54-57-60-69(73)80-66(62-71)64-78-82(75,76)79-65-67(63-77-68(72)59-56-53-50-47-44-41-38-35-30-27-24-21-18-15-12-9-6-3)81-70(74)61-58-55-52-49-46-43-40-37-34-32-29-26-23-20-17-14-11-8-5-2/h8,11,16-17,19-20,25-30,34,37,66-67,71H,4-7,9-10,12-15,18,21-24,31-33,35-36,38-65H2,1-3H3,(H,75,76)/b11-8-,19-16-,20-17-,28-25-,29-26-,30-27-,37-34-. The Labute approximate surface area is 502 Å². The highest BCUT2D eigenvalue weighted by atomic mass is 31.2. The number of ether oxygens (including phenoxy) is 3. The Morgan fingerprint density at radius 2 is 0.634 bits per heavy atom. The largest absolute Gasteiger partial charge is 0.472 e. The number of carbonyl (C=O) groups is 3. The quantitative estimate of drug-likeness (QED) is 0.0197. The summed E-state index contributed by atoms with van der Waals surface area (Å²) in [5.41, 5.74) is 0. The minimum absolute atomic E-state index is 0.149. The van der Waals surface area contributed by atoms with Gasteiger partial charge in [-0.05, 0) is 116 Å². The first-order chi connectivity index (χ1) is 40.2. The molecule has 0 fully saturated rings. The monoisotopic (exact) mass is 1170 g/mol. The number of phosphoric acid groups is 1. The average Bonchev–Trinajstić information content (AvgIpc) is 3.50. The van der Waals surface area contributed by atoms with E-state index >= 15 is 0 Å². The van der Waals surface area contributed by atoms with Crippen LogP contribution in [0, 0.1) is 0 Å². The molecule has 0 bridgehead atoms. The van der Waals surface area contributed by atoms with E-state index in [4.69, 9.17) is 23.3 Å². The molecule has 0 aliphatic rings. The minimum atomic E-state index is -4.76. The van der Waals surface area contributed by atoms with Gasteiger partial charge in [0.25, 0.3) is 0 Å². The van der Waals surface area contributed by atoms with Gasteiger partial charge in [-0.3, -0.25) is 23.4 Å². The summed E-state index contributed by atoms with van der Waals surface area (Å²) in [6.07, 6.45) is 75.2. The van der Waals surface area contributed by atoms with Crippen molar-refractivity contribution in [2.24, 2.45) is 0 Å². The highest BCUT2D eigenvalue weighted by Crippen LogP contribution is 2.43. The van der Waals surface area contributed by atoms with Crippen LogP contribution < -0.4 is 0 Å². The maximum atomic E-state index is 13.0. The summed E-state index contributed by atoms with van der Waals surface area (Å²) >= 11 is 0. The van der Waals surface area contributed by atoms with Crippen molar-refractivity contribution in [3.8, 4) is 0 Å². The summed E-state index contributed by atoms with van der Waals surface area (Å²) in [7, 11) is -4.76. The molecule has 0 aromatic carbocycles. The van der Waals surface area contributed by atoms with E-state index in [0.717, 1.165) is 122 Å². The number of rotatable bonds is 62. The molecule has 0 aromatic rings. The Morgan fingerprint density at radius 3 is 1.01 bits per heavy atom. The fraction of sp³-hybridized carbons (Fsp3) is 0.757. The highest BCUT2D eigenvalue weighted by Gasteiger charge is 2.28. The Kier molecular flexibility index (Phi) is 61.1. The van der Waals surface area contributed by atoms with Crippen LogP contribution in [0.4, 0.5) is 0 Å². The predicted octanol–water partition coefficient (Wildman–Crippen LogP) is 20.6. The van der Waals surface area contributed by atoms with Crippen molar-refractivity contribution >= 4 is 25.7 Å². The topological polar surface area (TPSA) is 155 Å². The SMILES string of the molecule is CC/C=C\C/C=C\C/C=C\C/C=C\CCCCCCCCC(=O)OC(COC(=O)CCCCCCCCC/C=C\CCCCCCCC)COP(=O)(O)OCC(CO)OC(=O)CCCCCCCCCCC/C=C\C/C=C\CCCCC. The van der Waals surface area contributed by atoms with Crippen molar-refractivity contribution in [3.63, 3.8) is 0 Å². The second-order valence-electron chi connectivity index (χ2n) is 22.2. The molecule has 0 heterocycles. The van der Waals surface area contributed by atoms with Gasteiger partial charge in [-0.15, -0.1) is 0 Å². The molecule has 0 spiro atoms. The maximum Gasteiger partial charge on any atom is 0.472 e. The van der Waals surface area contributed by atoms with Crippen LogP contribution in [0.5, 0.6) is 0 Å². The highest BCUT2D eigenvalue weighted by molar-refractivity contribution is 7.47. The van der Waals surface area contributed by atoms with E-state index in [1.807, 2.05) is 0 Å². The molecular formula is C70H123O11P. The molecule has 11 nitrogen and oxygen atoms in total. The van der Waals surface area contributed by atoms with Crippen LogP contribution in [-0.2, 0) is 42.2 Å². The molecule has 0 radical (unpaired) electrons. The summed E-state index contributed by atoms with van der Waals surface area (Å²) in [5, 5.41) is 9.87. The van der Waals surface area contributed by atoms with Crippen molar-refractivity contribution in [2.75, 3.05) is 26.4 Å². The molecule has 0 rings (SSSR count). The Hall–Kier alpha value is -3.34. The lowest BCUT2D eigenvalue weighted by atomic mass is 10.1. The van der Waals surface area contributed by atoms with Crippen LogP contribution in [0.2, 0.25) is 0 Å². The van der Waals surface area contributed by atoms with Crippen molar-refractivity contribution in [3.05, 3.63) is 85.1 Å². The number of phosphoric ester groups is 1. The number of aliphatic hydroxyl groups excluding tert-OH is 1. The van der Waals surface area contributed by atoms with Crippen molar-refractivity contribution in [1.29, 1.82) is 0 Å². The smallest absolute Gasteiger partial charge is 0.462 e. The lowest BCUT2D eigenvalue weighted by Crippen LogP contribution is -2.30. The molecule has 0 aromatic heterocycles. The maximum absolute atomic E-state index is 13.0. The molecule has 0 aliphatic carbocycles. The molecule has 0 amide bonds. The van der Waals surface area contributed by atoms with Crippen LogP contribution in [0.25, 0.3) is 0 Å². The van der Waals surface area contributed by atoms with E-state index in [-0.39, 0.29) is 25.9 Å². The van der Waals surface area contributed by atoms with Crippen LogP contribution in [0.1, 0.15) is 303 Å². The molecule has 474 valence electrons. The van der Waals surface area contributed by atoms with Crippen LogP contribution in [-0.4, -0.2) is 66.5 Å². The van der Waals surface area contributed by atoms with Gasteiger partial charge in [0.05, 0.1) is 19.8 Å². The van der Waals surface area contributed by atoms with E-state index in [1.54, 1.807) is 0 Å². The van der Waals surface area contributed by atoms with Crippen LogP contribution in [0.3, 0.4) is 0 Å². The molecule has 2 N–H and O–H groups in total. The molecule has 0 saturated heterocycles. The third kappa shape index (κ3) is 61.2. The number of esters is 3.